The summed E-state index contributed by atoms with van der Waals surface area (Å²) in [7, 11) is 0. The highest BCUT2D eigenvalue weighted by Gasteiger charge is 2.13. The summed E-state index contributed by atoms with van der Waals surface area (Å²) >= 11 is 0. The van der Waals surface area contributed by atoms with Crippen LogP contribution in [0.5, 0.6) is 5.75 Å². The Labute approximate surface area is 135 Å². The number of carbonyl (C=O) groups excluding carboxylic acids is 1. The number of aryl methyl sites for hydroxylation is 2. The van der Waals surface area contributed by atoms with Crippen LogP contribution < -0.4 is 15.6 Å². The number of ether oxygens (including phenoxy) is 1. The van der Waals surface area contributed by atoms with Gasteiger partial charge >= 0.3 is 0 Å². The number of benzene rings is 1. The standard InChI is InChI=1S/C17H21N3O3/c1-13-6-3-7-15(12-13)23-14(2)17(22)18-9-5-11-20-16(21)8-4-10-19-20/h3-4,6-8,10,12,14H,5,9,11H2,1-2H3,(H,18,22). The fraction of sp³-hybridized carbons (Fsp3) is 0.353. The van der Waals surface area contributed by atoms with Crippen LogP contribution in [0.4, 0.5) is 0 Å². The number of aromatic nitrogens is 2. The summed E-state index contributed by atoms with van der Waals surface area (Å²) in [5.74, 6) is 0.493. The molecule has 6 heteroatoms. The van der Waals surface area contributed by atoms with Crippen LogP contribution in [-0.4, -0.2) is 28.3 Å². The molecule has 1 N–H and O–H groups in total. The van der Waals surface area contributed by atoms with Gasteiger partial charge in [-0.3, -0.25) is 9.59 Å². The molecule has 6 nitrogen and oxygen atoms in total. The first-order valence-electron chi connectivity index (χ1n) is 7.59. The van der Waals surface area contributed by atoms with Crippen molar-refractivity contribution in [1.29, 1.82) is 0 Å². The van der Waals surface area contributed by atoms with Crippen LogP contribution in [0.25, 0.3) is 0 Å². The molecule has 1 amide bonds. The lowest BCUT2D eigenvalue weighted by atomic mass is 10.2. The molecule has 122 valence electrons. The normalized spacial score (nSPS) is 11.7. The number of nitrogens with zero attached hydrogens (tertiary/aromatic N) is 2. The summed E-state index contributed by atoms with van der Waals surface area (Å²) in [6.45, 7) is 4.61. The summed E-state index contributed by atoms with van der Waals surface area (Å²) < 4.78 is 6.99. The summed E-state index contributed by atoms with van der Waals surface area (Å²) in [5.41, 5.74) is 0.936. The number of hydrogen-bond acceptors (Lipinski definition) is 4. The van der Waals surface area contributed by atoms with E-state index in [0.717, 1.165) is 5.56 Å². The Morgan fingerprint density at radius 1 is 1.35 bits per heavy atom. The van der Waals surface area contributed by atoms with Crippen LogP contribution >= 0.6 is 0 Å². The Balaban J connectivity index is 1.74. The molecule has 0 saturated heterocycles. The number of rotatable bonds is 7. The van der Waals surface area contributed by atoms with Crippen molar-refractivity contribution in [3.05, 3.63) is 58.5 Å². The second-order valence-electron chi connectivity index (χ2n) is 5.31. The molecule has 0 fully saturated rings. The lowest BCUT2D eigenvalue weighted by Crippen LogP contribution is -2.37. The molecule has 0 spiro atoms. The van der Waals surface area contributed by atoms with E-state index in [9.17, 15) is 9.59 Å². The van der Waals surface area contributed by atoms with Gasteiger partial charge in [0.2, 0.25) is 0 Å². The Bertz CT molecular complexity index is 712. The first-order chi connectivity index (χ1) is 11.1. The minimum absolute atomic E-state index is 0.144. The van der Waals surface area contributed by atoms with Gasteiger partial charge in [-0.05, 0) is 44.0 Å². The van der Waals surface area contributed by atoms with Crippen molar-refractivity contribution in [1.82, 2.24) is 15.1 Å². The number of amides is 1. The van der Waals surface area contributed by atoms with E-state index in [-0.39, 0.29) is 11.5 Å². The molecule has 1 unspecified atom stereocenters. The predicted octanol–water partition coefficient (Wildman–Crippen LogP) is 1.53. The van der Waals surface area contributed by atoms with Crippen LogP contribution in [0.2, 0.25) is 0 Å². The van der Waals surface area contributed by atoms with Gasteiger partial charge in [0.1, 0.15) is 5.75 Å². The van der Waals surface area contributed by atoms with Gasteiger partial charge in [0, 0.05) is 25.4 Å². The van der Waals surface area contributed by atoms with E-state index in [1.807, 2.05) is 31.2 Å². The maximum atomic E-state index is 12.0. The Morgan fingerprint density at radius 3 is 2.91 bits per heavy atom. The fourth-order valence-electron chi connectivity index (χ4n) is 2.09. The maximum absolute atomic E-state index is 12.0. The predicted molar refractivity (Wildman–Crippen MR) is 87.4 cm³/mol. The highest BCUT2D eigenvalue weighted by Crippen LogP contribution is 2.14. The van der Waals surface area contributed by atoms with Crippen molar-refractivity contribution >= 4 is 5.91 Å². The number of carbonyl (C=O) groups is 1. The molecule has 23 heavy (non-hydrogen) atoms. The van der Waals surface area contributed by atoms with Crippen molar-refractivity contribution in [3.63, 3.8) is 0 Å². The zero-order chi connectivity index (χ0) is 16.7. The molecule has 0 radical (unpaired) electrons. The van der Waals surface area contributed by atoms with Gasteiger partial charge in [-0.25, -0.2) is 4.68 Å². The van der Waals surface area contributed by atoms with Crippen molar-refractivity contribution in [2.75, 3.05) is 6.54 Å². The van der Waals surface area contributed by atoms with E-state index >= 15 is 0 Å². The van der Waals surface area contributed by atoms with Crippen molar-refractivity contribution in [2.45, 2.75) is 32.9 Å². The molecule has 1 atom stereocenters. The number of hydrogen-bond donors (Lipinski definition) is 1. The molecule has 1 heterocycles. The molecular formula is C17H21N3O3. The van der Waals surface area contributed by atoms with E-state index in [2.05, 4.69) is 10.4 Å². The monoisotopic (exact) mass is 315 g/mol. The van der Waals surface area contributed by atoms with Gasteiger partial charge in [0.25, 0.3) is 11.5 Å². The van der Waals surface area contributed by atoms with E-state index in [1.165, 1.54) is 10.7 Å². The number of nitrogens with one attached hydrogen (secondary N) is 1. The fourth-order valence-corrected chi connectivity index (χ4v) is 2.09. The largest absolute Gasteiger partial charge is 0.481 e. The molecule has 2 rings (SSSR count). The van der Waals surface area contributed by atoms with Gasteiger partial charge in [0.05, 0.1) is 0 Å². The molecule has 0 saturated carbocycles. The van der Waals surface area contributed by atoms with E-state index < -0.39 is 6.10 Å². The lowest BCUT2D eigenvalue weighted by Gasteiger charge is -2.15. The molecule has 0 bridgehead atoms. The lowest BCUT2D eigenvalue weighted by molar-refractivity contribution is -0.127. The van der Waals surface area contributed by atoms with Crippen molar-refractivity contribution < 1.29 is 9.53 Å². The molecule has 2 aromatic rings. The average molecular weight is 315 g/mol. The van der Waals surface area contributed by atoms with Crippen molar-refractivity contribution in [3.8, 4) is 5.75 Å². The first kappa shape index (κ1) is 16.7. The van der Waals surface area contributed by atoms with Crippen LogP contribution in [-0.2, 0) is 11.3 Å². The molecule has 0 aliphatic rings. The maximum Gasteiger partial charge on any atom is 0.266 e. The topological polar surface area (TPSA) is 73.2 Å². The minimum atomic E-state index is -0.575. The van der Waals surface area contributed by atoms with Gasteiger partial charge in [0.15, 0.2) is 6.10 Å². The van der Waals surface area contributed by atoms with Gasteiger partial charge in [-0.2, -0.15) is 5.10 Å². The Kier molecular flexibility index (Phi) is 5.91. The van der Waals surface area contributed by atoms with E-state index in [4.69, 9.17) is 4.74 Å². The summed E-state index contributed by atoms with van der Waals surface area (Å²) in [4.78, 5) is 23.5. The van der Waals surface area contributed by atoms with Gasteiger partial charge in [-0.1, -0.05) is 12.1 Å². The zero-order valence-electron chi connectivity index (χ0n) is 13.4. The molecule has 0 aliphatic carbocycles. The van der Waals surface area contributed by atoms with E-state index in [1.54, 1.807) is 19.2 Å². The van der Waals surface area contributed by atoms with Crippen LogP contribution in [0, 0.1) is 6.92 Å². The summed E-state index contributed by atoms with van der Waals surface area (Å²) in [6.07, 6.45) is 1.62. The highest BCUT2D eigenvalue weighted by atomic mass is 16.5. The van der Waals surface area contributed by atoms with Crippen LogP contribution in [0.1, 0.15) is 18.9 Å². The summed E-state index contributed by atoms with van der Waals surface area (Å²) in [5, 5.41) is 6.76. The zero-order valence-corrected chi connectivity index (χ0v) is 13.4. The Morgan fingerprint density at radius 2 is 2.17 bits per heavy atom. The molecule has 1 aromatic heterocycles. The molecule has 0 aliphatic heterocycles. The third kappa shape index (κ3) is 5.25. The minimum Gasteiger partial charge on any atom is -0.481 e. The third-order valence-corrected chi connectivity index (χ3v) is 3.30. The first-order valence-corrected chi connectivity index (χ1v) is 7.59. The second kappa shape index (κ2) is 8.12. The van der Waals surface area contributed by atoms with Crippen molar-refractivity contribution in [2.24, 2.45) is 0 Å². The van der Waals surface area contributed by atoms with Crippen LogP contribution in [0.15, 0.2) is 47.4 Å². The Hall–Kier alpha value is -2.63. The van der Waals surface area contributed by atoms with Crippen LogP contribution in [0.3, 0.4) is 0 Å². The van der Waals surface area contributed by atoms with E-state index in [0.29, 0.717) is 25.3 Å². The summed E-state index contributed by atoms with van der Waals surface area (Å²) in [6, 6.07) is 10.6. The quantitative estimate of drug-likeness (QED) is 0.786. The smallest absolute Gasteiger partial charge is 0.266 e. The van der Waals surface area contributed by atoms with Gasteiger partial charge < -0.3 is 10.1 Å². The highest BCUT2D eigenvalue weighted by molar-refractivity contribution is 5.80. The molecule has 1 aromatic carbocycles. The SMILES string of the molecule is Cc1cccc(OC(C)C(=O)NCCCn2ncccc2=O)c1. The third-order valence-electron chi connectivity index (χ3n) is 3.30. The molecular weight excluding hydrogens is 294 g/mol. The average Bonchev–Trinajstić information content (AvgIpc) is 2.53. The second-order valence-corrected chi connectivity index (χ2v) is 5.31. The van der Waals surface area contributed by atoms with Gasteiger partial charge in [-0.15, -0.1) is 0 Å².